The van der Waals surface area contributed by atoms with Gasteiger partial charge >= 0.3 is 0 Å². The molecule has 4 rings (SSSR count). The van der Waals surface area contributed by atoms with Crippen molar-refractivity contribution in [3.05, 3.63) is 41.7 Å². The first kappa shape index (κ1) is 15.7. The molecule has 0 amide bonds. The smallest absolute Gasteiger partial charge is 0.153 e. The lowest BCUT2D eigenvalue weighted by molar-refractivity contribution is 0.211. The zero-order valence-corrected chi connectivity index (χ0v) is 14.5. The first-order chi connectivity index (χ1) is 11.7. The normalized spacial score (nSPS) is 24.8. The van der Waals surface area contributed by atoms with Gasteiger partial charge < -0.3 is 0 Å². The molecule has 3 heterocycles. The van der Waals surface area contributed by atoms with Gasteiger partial charge in [-0.05, 0) is 57.5 Å². The second-order valence-corrected chi connectivity index (χ2v) is 7.37. The number of nitrogens with zero attached hydrogens (tertiary/aromatic N) is 5. The summed E-state index contributed by atoms with van der Waals surface area (Å²) in [6.45, 7) is 3.04. The molecule has 128 valence electrons. The number of hydrogen-bond donors (Lipinski definition) is 1. The average Bonchev–Trinajstić information content (AvgIpc) is 3.23. The van der Waals surface area contributed by atoms with Crippen LogP contribution >= 0.6 is 0 Å². The quantitative estimate of drug-likeness (QED) is 0.882. The van der Waals surface area contributed by atoms with Gasteiger partial charge in [0, 0.05) is 30.9 Å². The molecular weight excluding hydrogens is 300 g/mol. The predicted molar refractivity (Wildman–Crippen MR) is 92.4 cm³/mol. The van der Waals surface area contributed by atoms with Crippen molar-refractivity contribution in [2.75, 3.05) is 27.2 Å². The van der Waals surface area contributed by atoms with Crippen LogP contribution in [-0.2, 0) is 6.54 Å². The highest BCUT2D eigenvalue weighted by Crippen LogP contribution is 2.38. The summed E-state index contributed by atoms with van der Waals surface area (Å²) in [7, 11) is 4.40. The summed E-state index contributed by atoms with van der Waals surface area (Å²) in [5.74, 6) is 3.23. The second kappa shape index (κ2) is 6.61. The summed E-state index contributed by atoms with van der Waals surface area (Å²) < 4.78 is 0. The average molecular weight is 326 g/mol. The molecule has 1 saturated carbocycles. The Kier molecular flexibility index (Phi) is 4.33. The number of pyridine rings is 1. The molecule has 24 heavy (non-hydrogen) atoms. The molecular formula is C18H26N6. The SMILES string of the molecule is CN(Cc1nc(C2CC2)n[nH]1)C[C@@H]1CCN(C)[C@H]1c1cccnc1. The lowest BCUT2D eigenvalue weighted by Gasteiger charge is -2.28. The number of nitrogens with one attached hydrogen (secondary N) is 1. The van der Waals surface area contributed by atoms with Crippen molar-refractivity contribution in [2.45, 2.75) is 37.8 Å². The zero-order valence-electron chi connectivity index (χ0n) is 14.5. The summed E-state index contributed by atoms with van der Waals surface area (Å²) in [6, 6.07) is 4.69. The van der Waals surface area contributed by atoms with Crippen LogP contribution in [-0.4, -0.2) is 57.1 Å². The van der Waals surface area contributed by atoms with Gasteiger partial charge in [-0.3, -0.25) is 19.9 Å². The third-order valence-corrected chi connectivity index (χ3v) is 5.26. The highest BCUT2D eigenvalue weighted by atomic mass is 15.3. The monoisotopic (exact) mass is 326 g/mol. The van der Waals surface area contributed by atoms with E-state index in [0.717, 1.165) is 31.3 Å². The standard InChI is InChI=1S/C18H26N6/c1-23(12-16-20-18(22-21-16)13-5-6-13)11-15-7-9-24(2)17(15)14-4-3-8-19-10-14/h3-4,8,10,13,15,17H,5-7,9,11-12H2,1-2H3,(H,20,21,22)/t15-,17-/m0/s1. The molecule has 2 atom stereocenters. The van der Waals surface area contributed by atoms with Gasteiger partial charge in [0.25, 0.3) is 0 Å². The Bertz CT molecular complexity index is 665. The van der Waals surface area contributed by atoms with Crippen LogP contribution in [0.15, 0.2) is 24.5 Å². The third kappa shape index (κ3) is 3.35. The Balaban J connectivity index is 1.39. The molecule has 1 saturated heterocycles. The van der Waals surface area contributed by atoms with E-state index in [4.69, 9.17) is 0 Å². The minimum Gasteiger partial charge on any atom is -0.299 e. The van der Waals surface area contributed by atoms with Crippen LogP contribution in [0.2, 0.25) is 0 Å². The largest absolute Gasteiger partial charge is 0.299 e. The van der Waals surface area contributed by atoms with Crippen LogP contribution in [0.25, 0.3) is 0 Å². The molecule has 6 heteroatoms. The fourth-order valence-corrected chi connectivity index (χ4v) is 3.92. The van der Waals surface area contributed by atoms with E-state index in [1.165, 1.54) is 24.8 Å². The summed E-state index contributed by atoms with van der Waals surface area (Å²) >= 11 is 0. The number of H-pyrrole nitrogens is 1. The van der Waals surface area contributed by atoms with Crippen LogP contribution in [0.3, 0.4) is 0 Å². The lowest BCUT2D eigenvalue weighted by atomic mass is 9.94. The molecule has 0 unspecified atom stereocenters. The number of likely N-dealkylation sites (tertiary alicyclic amines) is 1. The summed E-state index contributed by atoms with van der Waals surface area (Å²) in [6.07, 6.45) is 7.57. The van der Waals surface area contributed by atoms with Gasteiger partial charge in [-0.2, -0.15) is 5.10 Å². The van der Waals surface area contributed by atoms with Crippen LogP contribution < -0.4 is 0 Å². The van der Waals surface area contributed by atoms with Crippen molar-refractivity contribution >= 4 is 0 Å². The molecule has 6 nitrogen and oxygen atoms in total. The van der Waals surface area contributed by atoms with Gasteiger partial charge in [0.1, 0.15) is 5.82 Å². The van der Waals surface area contributed by atoms with Crippen molar-refractivity contribution in [1.29, 1.82) is 0 Å². The summed E-state index contributed by atoms with van der Waals surface area (Å²) in [4.78, 5) is 13.8. The molecule has 1 aliphatic carbocycles. The van der Waals surface area contributed by atoms with E-state index >= 15 is 0 Å². The minimum atomic E-state index is 0.456. The van der Waals surface area contributed by atoms with E-state index in [9.17, 15) is 0 Å². The van der Waals surface area contributed by atoms with E-state index in [2.05, 4.69) is 50.1 Å². The molecule has 2 aromatic heterocycles. The van der Waals surface area contributed by atoms with Gasteiger partial charge in [0.2, 0.25) is 0 Å². The number of rotatable bonds is 6. The number of aromatic nitrogens is 4. The molecule has 0 bridgehead atoms. The van der Waals surface area contributed by atoms with Crippen molar-refractivity contribution in [2.24, 2.45) is 5.92 Å². The maximum Gasteiger partial charge on any atom is 0.153 e. The molecule has 1 aliphatic heterocycles. The highest BCUT2D eigenvalue weighted by Gasteiger charge is 2.34. The Morgan fingerprint density at radius 3 is 2.96 bits per heavy atom. The number of aromatic amines is 1. The van der Waals surface area contributed by atoms with Crippen LogP contribution in [0, 0.1) is 5.92 Å². The highest BCUT2D eigenvalue weighted by molar-refractivity contribution is 5.17. The fourth-order valence-electron chi connectivity index (χ4n) is 3.92. The van der Waals surface area contributed by atoms with Gasteiger partial charge in [0.05, 0.1) is 6.54 Å². The zero-order chi connectivity index (χ0) is 16.5. The van der Waals surface area contributed by atoms with Crippen LogP contribution in [0.4, 0.5) is 0 Å². The van der Waals surface area contributed by atoms with Gasteiger partial charge in [0.15, 0.2) is 5.82 Å². The second-order valence-electron chi connectivity index (χ2n) is 7.37. The molecule has 0 radical (unpaired) electrons. The molecule has 0 spiro atoms. The van der Waals surface area contributed by atoms with E-state index < -0.39 is 0 Å². The van der Waals surface area contributed by atoms with Crippen LogP contribution in [0.5, 0.6) is 0 Å². The van der Waals surface area contributed by atoms with Crippen LogP contribution in [0.1, 0.15) is 48.4 Å². The van der Waals surface area contributed by atoms with E-state index in [1.807, 2.05) is 18.5 Å². The Morgan fingerprint density at radius 2 is 2.21 bits per heavy atom. The predicted octanol–water partition coefficient (Wildman–Crippen LogP) is 2.20. The van der Waals surface area contributed by atoms with Crippen molar-refractivity contribution in [1.82, 2.24) is 30.0 Å². The summed E-state index contributed by atoms with van der Waals surface area (Å²) in [5, 5.41) is 7.47. The Hall–Kier alpha value is -1.79. The van der Waals surface area contributed by atoms with E-state index in [1.54, 1.807) is 0 Å². The Labute approximate surface area is 143 Å². The topological polar surface area (TPSA) is 60.9 Å². The van der Waals surface area contributed by atoms with Crippen molar-refractivity contribution < 1.29 is 0 Å². The Morgan fingerprint density at radius 1 is 1.33 bits per heavy atom. The molecule has 1 N–H and O–H groups in total. The van der Waals surface area contributed by atoms with Gasteiger partial charge in [-0.15, -0.1) is 0 Å². The first-order valence-corrected chi connectivity index (χ1v) is 8.90. The molecule has 2 aliphatic rings. The lowest BCUT2D eigenvalue weighted by Crippen LogP contribution is -2.30. The van der Waals surface area contributed by atoms with E-state index in [-0.39, 0.29) is 0 Å². The fraction of sp³-hybridized carbons (Fsp3) is 0.611. The van der Waals surface area contributed by atoms with Gasteiger partial charge in [-0.25, -0.2) is 4.98 Å². The maximum atomic E-state index is 4.65. The first-order valence-electron chi connectivity index (χ1n) is 8.90. The molecule has 2 fully saturated rings. The van der Waals surface area contributed by atoms with Gasteiger partial charge in [-0.1, -0.05) is 6.07 Å². The molecule has 2 aromatic rings. The minimum absolute atomic E-state index is 0.456. The third-order valence-electron chi connectivity index (χ3n) is 5.26. The van der Waals surface area contributed by atoms with Crippen molar-refractivity contribution in [3.63, 3.8) is 0 Å². The number of hydrogen-bond acceptors (Lipinski definition) is 5. The van der Waals surface area contributed by atoms with Crippen molar-refractivity contribution in [3.8, 4) is 0 Å². The van der Waals surface area contributed by atoms with E-state index in [0.29, 0.717) is 17.9 Å². The molecule has 0 aromatic carbocycles. The maximum absolute atomic E-state index is 4.65. The summed E-state index contributed by atoms with van der Waals surface area (Å²) in [5.41, 5.74) is 1.33.